The Morgan fingerprint density at radius 1 is 0.647 bits per heavy atom. The molecule has 34 heavy (non-hydrogen) atoms. The average Bonchev–Trinajstić information content (AvgIpc) is 2.79. The maximum absolute atomic E-state index is 12.8. The summed E-state index contributed by atoms with van der Waals surface area (Å²) in [6, 6.07) is 0. The molecule has 0 aliphatic carbocycles. The van der Waals surface area contributed by atoms with Crippen molar-refractivity contribution in [1.82, 2.24) is 9.80 Å². The van der Waals surface area contributed by atoms with Crippen LogP contribution in [0.15, 0.2) is 0 Å². The quantitative estimate of drug-likeness (QED) is 0.136. The minimum atomic E-state index is -0.751. The number of nitrogens with zero attached hydrogens (tertiary/aromatic N) is 2. The molecule has 0 rings (SSSR count). The minimum Gasteiger partial charge on any atom is -0.422 e. The second kappa shape index (κ2) is 23.1. The van der Waals surface area contributed by atoms with Crippen LogP contribution >= 0.6 is 0 Å². The topological polar surface area (TPSA) is 77.5 Å². The number of hydrogen-bond donors (Lipinski definition) is 0. The predicted octanol–water partition coefficient (Wildman–Crippen LogP) is 0.586. The van der Waals surface area contributed by atoms with E-state index in [2.05, 4.69) is 39.3 Å². The lowest BCUT2D eigenvalue weighted by Gasteiger charge is -2.24. The monoisotopic (exact) mass is 552 g/mol. The Bertz CT molecular complexity index is 492. The molecule has 8 nitrogen and oxygen atoms in total. The summed E-state index contributed by atoms with van der Waals surface area (Å²) in [6.07, 6.45) is 4.03. The van der Waals surface area contributed by atoms with Gasteiger partial charge >= 0.3 is 0 Å². The standard InChI is InChI=1S/C22H52N2O6Si4/c1-31-29-17-13-24(14-18-30-32-2)22(26)10-8-7-9-21(25)23(11-15-27-19-33(3)4)12-16-28-20-34(5)6/h33-34H,7-20,31-32H2,1-6H3. The van der Waals surface area contributed by atoms with E-state index in [-0.39, 0.29) is 11.8 Å². The van der Waals surface area contributed by atoms with Crippen molar-refractivity contribution in [2.24, 2.45) is 0 Å². The van der Waals surface area contributed by atoms with Crippen molar-refractivity contribution >= 4 is 48.9 Å². The van der Waals surface area contributed by atoms with Gasteiger partial charge in [-0.15, -0.1) is 0 Å². The van der Waals surface area contributed by atoms with Crippen LogP contribution in [0.2, 0.25) is 39.3 Å². The number of ether oxygens (including phenoxy) is 2. The summed E-state index contributed by atoms with van der Waals surface area (Å²) < 4.78 is 22.6. The maximum Gasteiger partial charge on any atom is 0.222 e. The van der Waals surface area contributed by atoms with E-state index < -0.39 is 37.1 Å². The molecule has 0 heterocycles. The molecule has 0 bridgehead atoms. The minimum absolute atomic E-state index is 0.127. The van der Waals surface area contributed by atoms with Crippen LogP contribution in [0.1, 0.15) is 25.7 Å². The zero-order valence-electron chi connectivity index (χ0n) is 22.8. The van der Waals surface area contributed by atoms with Crippen LogP contribution < -0.4 is 0 Å². The van der Waals surface area contributed by atoms with E-state index in [1.807, 2.05) is 9.80 Å². The van der Waals surface area contributed by atoms with Gasteiger partial charge < -0.3 is 28.1 Å². The van der Waals surface area contributed by atoms with E-state index in [1.165, 1.54) is 0 Å². The molecule has 0 aliphatic heterocycles. The highest BCUT2D eigenvalue weighted by Crippen LogP contribution is 2.07. The molecule has 0 N–H and O–H groups in total. The third-order valence-electron chi connectivity index (χ3n) is 5.07. The second-order valence-corrected chi connectivity index (χ2v) is 17.5. The van der Waals surface area contributed by atoms with Crippen molar-refractivity contribution in [3.63, 3.8) is 0 Å². The number of hydrogen-bond acceptors (Lipinski definition) is 6. The van der Waals surface area contributed by atoms with Crippen molar-refractivity contribution in [2.75, 3.05) is 65.1 Å². The molecule has 0 fully saturated rings. The fourth-order valence-electron chi connectivity index (χ4n) is 3.22. The first-order chi connectivity index (χ1) is 16.3. The van der Waals surface area contributed by atoms with Crippen molar-refractivity contribution < 1.29 is 27.9 Å². The largest absolute Gasteiger partial charge is 0.422 e. The van der Waals surface area contributed by atoms with Gasteiger partial charge in [0.1, 0.15) is 0 Å². The highest BCUT2D eigenvalue weighted by Gasteiger charge is 2.16. The highest BCUT2D eigenvalue weighted by atomic mass is 28.3. The smallest absolute Gasteiger partial charge is 0.222 e. The summed E-state index contributed by atoms with van der Waals surface area (Å²) in [5.74, 6) is 0.257. The Morgan fingerprint density at radius 3 is 1.32 bits per heavy atom. The number of rotatable bonds is 23. The Labute approximate surface area is 216 Å². The fourth-order valence-corrected chi connectivity index (χ4v) is 5.33. The maximum atomic E-state index is 12.8. The highest BCUT2D eigenvalue weighted by molar-refractivity contribution is 6.55. The first-order valence-corrected chi connectivity index (χ1v) is 23.4. The SMILES string of the molecule is C[SiH2]OCCN(CCO[SiH2]C)C(=O)CCCCC(=O)N(CCOC[SiH](C)C)CCOC[SiH](C)C. The summed E-state index contributed by atoms with van der Waals surface area (Å²) in [7, 11) is -2.42. The van der Waals surface area contributed by atoms with Crippen LogP contribution in [0.25, 0.3) is 0 Å². The summed E-state index contributed by atoms with van der Waals surface area (Å²) in [5, 5.41) is 0. The van der Waals surface area contributed by atoms with Crippen LogP contribution in [0.5, 0.6) is 0 Å². The van der Waals surface area contributed by atoms with E-state index >= 15 is 0 Å². The molecule has 202 valence electrons. The summed E-state index contributed by atoms with van der Waals surface area (Å²) in [6.45, 7) is 18.0. The van der Waals surface area contributed by atoms with Crippen LogP contribution in [0, 0.1) is 0 Å². The third-order valence-corrected chi connectivity index (χ3v) is 8.27. The van der Waals surface area contributed by atoms with Gasteiger partial charge in [0.15, 0.2) is 19.5 Å². The van der Waals surface area contributed by atoms with Crippen LogP contribution in [0.3, 0.4) is 0 Å². The molecule has 0 aliphatic rings. The molecule has 0 spiro atoms. The fraction of sp³-hybridized carbons (Fsp3) is 0.909. The van der Waals surface area contributed by atoms with Gasteiger partial charge in [0.25, 0.3) is 0 Å². The summed E-state index contributed by atoms with van der Waals surface area (Å²) >= 11 is 0. The molecule has 0 aromatic rings. The number of amides is 2. The number of unbranched alkanes of at least 4 members (excludes halogenated alkanes) is 1. The van der Waals surface area contributed by atoms with Crippen molar-refractivity contribution in [3.8, 4) is 0 Å². The molecular formula is C22H52N2O6Si4. The van der Waals surface area contributed by atoms with Gasteiger partial charge in [-0.1, -0.05) is 39.3 Å². The van der Waals surface area contributed by atoms with E-state index in [0.29, 0.717) is 78.3 Å². The average molecular weight is 553 g/mol. The van der Waals surface area contributed by atoms with Gasteiger partial charge in [-0.3, -0.25) is 9.59 Å². The van der Waals surface area contributed by atoms with Gasteiger partial charge in [-0.2, -0.15) is 0 Å². The van der Waals surface area contributed by atoms with Gasteiger partial charge in [0.2, 0.25) is 11.8 Å². The zero-order valence-corrected chi connectivity index (χ0v) is 28.0. The van der Waals surface area contributed by atoms with Gasteiger partial charge in [-0.25, -0.2) is 0 Å². The molecule has 2 amide bonds. The Hall–Kier alpha value is -0.352. The Kier molecular flexibility index (Phi) is 22.8. The predicted molar refractivity (Wildman–Crippen MR) is 152 cm³/mol. The third kappa shape index (κ3) is 19.9. The molecule has 0 aromatic heterocycles. The lowest BCUT2D eigenvalue weighted by molar-refractivity contribution is -0.134. The lowest BCUT2D eigenvalue weighted by atomic mass is 10.1. The molecule has 0 aromatic carbocycles. The van der Waals surface area contributed by atoms with Gasteiger partial charge in [0.05, 0.1) is 44.0 Å². The Balaban J connectivity index is 4.48. The molecule has 0 saturated heterocycles. The number of carbonyl (C=O) groups is 2. The zero-order chi connectivity index (χ0) is 25.6. The Morgan fingerprint density at radius 2 is 1.00 bits per heavy atom. The lowest BCUT2D eigenvalue weighted by Crippen LogP contribution is -2.37. The van der Waals surface area contributed by atoms with E-state index in [9.17, 15) is 9.59 Å². The van der Waals surface area contributed by atoms with Crippen LogP contribution in [-0.4, -0.2) is 124 Å². The molecule has 0 unspecified atom stereocenters. The van der Waals surface area contributed by atoms with Crippen LogP contribution in [0.4, 0.5) is 0 Å². The summed E-state index contributed by atoms with van der Waals surface area (Å²) in [4.78, 5) is 29.2. The molecular weight excluding hydrogens is 501 g/mol. The number of carbonyl (C=O) groups excluding carboxylic acids is 2. The van der Waals surface area contributed by atoms with E-state index in [4.69, 9.17) is 18.3 Å². The second-order valence-electron chi connectivity index (χ2n) is 9.30. The van der Waals surface area contributed by atoms with Crippen molar-refractivity contribution in [1.29, 1.82) is 0 Å². The van der Waals surface area contributed by atoms with E-state index in [0.717, 1.165) is 12.5 Å². The molecule has 0 saturated carbocycles. The normalized spacial score (nSPS) is 12.1. The van der Waals surface area contributed by atoms with Gasteiger partial charge in [-0.05, 0) is 12.8 Å². The first kappa shape index (κ1) is 33.6. The molecule has 0 atom stereocenters. The van der Waals surface area contributed by atoms with Gasteiger partial charge in [0, 0.05) is 51.5 Å². The molecule has 0 radical (unpaired) electrons. The summed E-state index contributed by atoms with van der Waals surface area (Å²) in [5.41, 5.74) is 0. The van der Waals surface area contributed by atoms with Crippen molar-refractivity contribution in [3.05, 3.63) is 0 Å². The first-order valence-electron chi connectivity index (χ1n) is 13.2. The van der Waals surface area contributed by atoms with Crippen molar-refractivity contribution in [2.45, 2.75) is 65.0 Å². The molecule has 12 heteroatoms. The van der Waals surface area contributed by atoms with Crippen LogP contribution in [-0.2, 0) is 27.9 Å². The van der Waals surface area contributed by atoms with E-state index in [1.54, 1.807) is 0 Å².